The summed E-state index contributed by atoms with van der Waals surface area (Å²) in [6, 6.07) is 20.8. The normalized spacial score (nSPS) is 9.94. The van der Waals surface area contributed by atoms with E-state index in [2.05, 4.69) is 57.1 Å². The van der Waals surface area contributed by atoms with Crippen LogP contribution >= 0.6 is 12.1 Å². The van der Waals surface area contributed by atoms with Crippen molar-refractivity contribution in [3.05, 3.63) is 60.7 Å². The molecule has 2 rings (SSSR count). The minimum Gasteiger partial charge on any atom is -0.271 e. The summed E-state index contributed by atoms with van der Waals surface area (Å²) in [7, 11) is 4.09. The third-order valence-electron chi connectivity index (χ3n) is 2.23. The molecule has 0 aliphatic heterocycles. The Hall–Kier alpha value is -0.450. The fourth-order valence-electron chi connectivity index (χ4n) is 1.53. The van der Waals surface area contributed by atoms with Crippen LogP contribution in [0.15, 0.2) is 60.7 Å². The summed E-state index contributed by atoms with van der Waals surface area (Å²) in [5, 5.41) is 0. The van der Waals surface area contributed by atoms with E-state index in [0.29, 0.717) is 0 Å². The molecule has 2 aromatic rings. The van der Waals surface area contributed by atoms with Gasteiger partial charge < -0.3 is 0 Å². The Morgan fingerprint density at radius 2 is 1.11 bits per heavy atom. The van der Waals surface area contributed by atoms with Gasteiger partial charge in [0.05, 0.1) is 11.4 Å². The van der Waals surface area contributed by atoms with Gasteiger partial charge in [0.2, 0.25) is 0 Å². The van der Waals surface area contributed by atoms with Gasteiger partial charge in [-0.05, 0) is 38.4 Å². The summed E-state index contributed by atoms with van der Waals surface area (Å²) >= 11 is 1.67. The molecule has 1 radical (unpaired) electrons. The fraction of sp³-hybridized carbons (Fsp3) is 0.143. The molecule has 18 heavy (non-hydrogen) atoms. The van der Waals surface area contributed by atoms with Gasteiger partial charge in [-0.1, -0.05) is 36.4 Å². The van der Waals surface area contributed by atoms with Gasteiger partial charge in [0.1, 0.15) is 0 Å². The van der Waals surface area contributed by atoms with Crippen LogP contribution in [0.1, 0.15) is 0 Å². The SMILES string of the molecule is CN(C)SN(c1ccccc1)c1ccccc1.[Na]. The van der Waals surface area contributed by atoms with Gasteiger partial charge in [0.15, 0.2) is 0 Å². The van der Waals surface area contributed by atoms with Gasteiger partial charge in [0.25, 0.3) is 0 Å². The third kappa shape index (κ3) is 4.34. The second-order valence-corrected chi connectivity index (χ2v) is 5.12. The minimum atomic E-state index is 0. The molecule has 0 saturated heterocycles. The van der Waals surface area contributed by atoms with Crippen molar-refractivity contribution in [3.63, 3.8) is 0 Å². The van der Waals surface area contributed by atoms with E-state index >= 15 is 0 Å². The number of nitrogens with zero attached hydrogens (tertiary/aromatic N) is 2. The molecular weight excluding hydrogens is 251 g/mol. The van der Waals surface area contributed by atoms with E-state index in [1.165, 1.54) is 11.4 Å². The Balaban J connectivity index is 0.00000162. The first-order valence-electron chi connectivity index (χ1n) is 5.53. The first-order chi connectivity index (χ1) is 8.27. The maximum absolute atomic E-state index is 2.21. The van der Waals surface area contributed by atoms with Crippen molar-refractivity contribution in [1.29, 1.82) is 0 Å². The number of hydrogen-bond donors (Lipinski definition) is 0. The van der Waals surface area contributed by atoms with Gasteiger partial charge in [-0.25, -0.2) is 4.31 Å². The van der Waals surface area contributed by atoms with Crippen LogP contribution in [0.2, 0.25) is 0 Å². The van der Waals surface area contributed by atoms with E-state index in [0.717, 1.165) is 0 Å². The van der Waals surface area contributed by atoms with Crippen LogP contribution in [0.5, 0.6) is 0 Å². The van der Waals surface area contributed by atoms with Crippen LogP contribution in [-0.4, -0.2) is 48.0 Å². The quantitative estimate of drug-likeness (QED) is 0.617. The fourth-order valence-corrected chi connectivity index (χ4v) is 2.29. The molecule has 0 heterocycles. The smallest absolute Gasteiger partial charge is 0.0537 e. The molecule has 0 bridgehead atoms. The summed E-state index contributed by atoms with van der Waals surface area (Å²) in [6.07, 6.45) is 0. The zero-order valence-corrected chi connectivity index (χ0v) is 13.9. The first kappa shape index (κ1) is 15.6. The number of benzene rings is 2. The summed E-state index contributed by atoms with van der Waals surface area (Å²) in [5.41, 5.74) is 2.36. The molecule has 2 nitrogen and oxygen atoms in total. The summed E-state index contributed by atoms with van der Waals surface area (Å²) < 4.78 is 4.29. The molecule has 0 fully saturated rings. The van der Waals surface area contributed by atoms with Gasteiger partial charge in [-0.2, -0.15) is 0 Å². The standard InChI is InChI=1S/C14H16N2S.Na/c1-15(2)17-16(13-9-5-3-6-10-13)14-11-7-4-8-12-14;/h3-12H,1-2H3;. The van der Waals surface area contributed by atoms with Gasteiger partial charge in [0, 0.05) is 41.7 Å². The van der Waals surface area contributed by atoms with Crippen LogP contribution in [0.3, 0.4) is 0 Å². The third-order valence-corrected chi connectivity index (χ3v) is 3.14. The van der Waals surface area contributed by atoms with Crippen LogP contribution in [-0.2, 0) is 0 Å². The molecule has 0 amide bonds. The molecular formula is C14H16N2NaS. The average molecular weight is 267 g/mol. The van der Waals surface area contributed by atoms with E-state index in [4.69, 9.17) is 0 Å². The van der Waals surface area contributed by atoms with Gasteiger partial charge in [-0.15, -0.1) is 0 Å². The van der Waals surface area contributed by atoms with Crippen molar-refractivity contribution < 1.29 is 0 Å². The van der Waals surface area contributed by atoms with Crippen LogP contribution < -0.4 is 4.31 Å². The summed E-state index contributed by atoms with van der Waals surface area (Å²) in [4.78, 5) is 0. The van der Waals surface area contributed by atoms with Gasteiger partial charge >= 0.3 is 0 Å². The number of anilines is 2. The van der Waals surface area contributed by atoms with E-state index in [1.54, 1.807) is 12.1 Å². The molecule has 0 aliphatic rings. The Bertz CT molecular complexity index is 408. The van der Waals surface area contributed by atoms with Crippen LogP contribution in [0.25, 0.3) is 0 Å². The predicted octanol–water partition coefficient (Wildman–Crippen LogP) is 3.57. The number of para-hydroxylation sites is 2. The number of hydrogen-bond acceptors (Lipinski definition) is 3. The van der Waals surface area contributed by atoms with E-state index in [9.17, 15) is 0 Å². The second-order valence-electron chi connectivity index (χ2n) is 3.86. The zero-order valence-electron chi connectivity index (χ0n) is 11.1. The van der Waals surface area contributed by atoms with Crippen molar-refractivity contribution in [1.82, 2.24) is 4.31 Å². The maximum atomic E-state index is 2.21. The molecule has 4 heteroatoms. The van der Waals surface area contributed by atoms with Crippen molar-refractivity contribution in [3.8, 4) is 0 Å². The molecule has 0 saturated carbocycles. The van der Waals surface area contributed by atoms with E-state index in [-0.39, 0.29) is 29.6 Å². The molecule has 0 atom stereocenters. The van der Waals surface area contributed by atoms with Crippen LogP contribution in [0.4, 0.5) is 11.4 Å². The molecule has 0 aliphatic carbocycles. The topological polar surface area (TPSA) is 6.48 Å². The Kier molecular flexibility index (Phi) is 6.82. The van der Waals surface area contributed by atoms with E-state index in [1.807, 2.05) is 26.2 Å². The molecule has 2 aromatic carbocycles. The van der Waals surface area contributed by atoms with Crippen molar-refractivity contribution in [2.45, 2.75) is 0 Å². The monoisotopic (exact) mass is 267 g/mol. The Morgan fingerprint density at radius 1 is 0.722 bits per heavy atom. The maximum Gasteiger partial charge on any atom is 0.0537 e. The van der Waals surface area contributed by atoms with Gasteiger partial charge in [-0.3, -0.25) is 4.31 Å². The average Bonchev–Trinajstić information content (AvgIpc) is 2.38. The molecule has 89 valence electrons. The van der Waals surface area contributed by atoms with Crippen molar-refractivity contribution in [2.75, 3.05) is 18.4 Å². The molecule has 0 spiro atoms. The molecule has 0 N–H and O–H groups in total. The second kappa shape index (κ2) is 7.87. The Labute approximate surface area is 136 Å². The minimum absolute atomic E-state index is 0. The van der Waals surface area contributed by atoms with Crippen molar-refractivity contribution in [2.24, 2.45) is 0 Å². The predicted molar refractivity (Wildman–Crippen MR) is 82.1 cm³/mol. The van der Waals surface area contributed by atoms with E-state index < -0.39 is 0 Å². The zero-order chi connectivity index (χ0) is 12.1. The summed E-state index contributed by atoms with van der Waals surface area (Å²) in [5.74, 6) is 0. The van der Waals surface area contributed by atoms with Crippen LogP contribution in [0, 0.1) is 0 Å². The summed E-state index contributed by atoms with van der Waals surface area (Å²) in [6.45, 7) is 0. The first-order valence-corrected chi connectivity index (χ1v) is 6.26. The Morgan fingerprint density at radius 3 is 1.44 bits per heavy atom. The van der Waals surface area contributed by atoms with Crippen molar-refractivity contribution >= 4 is 53.1 Å². The largest absolute Gasteiger partial charge is 0.271 e. The number of rotatable bonds is 4. The molecule has 0 unspecified atom stereocenters. The molecule has 0 aromatic heterocycles.